The summed E-state index contributed by atoms with van der Waals surface area (Å²) in [6, 6.07) is 16.1. The zero-order valence-electron chi connectivity index (χ0n) is 16.5. The van der Waals surface area contributed by atoms with Crippen LogP contribution in [0.5, 0.6) is 0 Å². The molecule has 0 saturated heterocycles. The Labute approximate surface area is 231 Å². The Morgan fingerprint density at radius 3 is 1.00 bits per heavy atom. The summed E-state index contributed by atoms with van der Waals surface area (Å²) in [5, 5.41) is 0. The van der Waals surface area contributed by atoms with Gasteiger partial charge in [-0.1, -0.05) is 0 Å². The molecule has 0 bridgehead atoms. The van der Waals surface area contributed by atoms with Crippen molar-refractivity contribution >= 4 is 101 Å². The fourth-order valence-corrected chi connectivity index (χ4v) is 17.6. The first-order chi connectivity index (χ1) is 15.8. The molecule has 0 fully saturated rings. The van der Waals surface area contributed by atoms with Gasteiger partial charge in [0, 0.05) is 0 Å². The van der Waals surface area contributed by atoms with Crippen molar-refractivity contribution < 1.29 is 32.2 Å². The molecule has 9 nitrogen and oxygen atoms in total. The summed E-state index contributed by atoms with van der Waals surface area (Å²) >= 11 is 4.00. The van der Waals surface area contributed by atoms with E-state index in [4.69, 9.17) is 6.90 Å². The van der Waals surface area contributed by atoms with Gasteiger partial charge in [-0.3, -0.25) is 0 Å². The van der Waals surface area contributed by atoms with Gasteiger partial charge in [0.2, 0.25) is 0 Å². The molecule has 0 aromatic heterocycles. The first-order valence-electron chi connectivity index (χ1n) is 8.85. The Bertz CT molecular complexity index is 1340. The van der Waals surface area contributed by atoms with Gasteiger partial charge in [0.1, 0.15) is 0 Å². The number of benzene rings is 3. The monoisotopic (exact) mass is 820 g/mol. The summed E-state index contributed by atoms with van der Waals surface area (Å²) in [6.45, 7) is 0. The van der Waals surface area contributed by atoms with E-state index in [0.29, 0.717) is 13.4 Å². The third-order valence-corrected chi connectivity index (χ3v) is 19.6. The number of halogens is 3. The van der Waals surface area contributed by atoms with E-state index >= 15 is 0 Å². The van der Waals surface area contributed by atoms with E-state index in [2.05, 4.69) is 47.8 Å². The van der Waals surface area contributed by atoms with Crippen molar-refractivity contribution in [2.75, 3.05) is 0 Å². The van der Waals surface area contributed by atoms with Gasteiger partial charge >= 0.3 is 234 Å². The molecular weight excluding hydrogens is 811 g/mol. The second-order valence-corrected chi connectivity index (χ2v) is 20.4. The molecular formula is C18H12Br3InO9S3. The summed E-state index contributed by atoms with van der Waals surface area (Å²) in [4.78, 5) is -1.05. The summed E-state index contributed by atoms with van der Waals surface area (Å²) in [5.41, 5.74) is 0. The molecule has 16 heteroatoms. The van der Waals surface area contributed by atoms with Crippen LogP contribution in [0.3, 0.4) is 0 Å². The van der Waals surface area contributed by atoms with E-state index < -0.39 is 53.1 Å². The molecule has 0 spiro atoms. The van der Waals surface area contributed by atoms with Crippen LogP contribution in [0.4, 0.5) is 0 Å². The van der Waals surface area contributed by atoms with Crippen molar-refractivity contribution in [3.05, 3.63) is 86.2 Å². The van der Waals surface area contributed by atoms with Gasteiger partial charge < -0.3 is 0 Å². The van der Waals surface area contributed by atoms with Crippen LogP contribution in [0.2, 0.25) is 0 Å². The SMILES string of the molecule is O=S(=O)([O][In]([O]S(=O)(=O)c1cccc(Br)c1)[O]S(=O)(=O)c1cccc(Br)c1)c1cccc(Br)c1. The van der Waals surface area contributed by atoms with Gasteiger partial charge in [0.25, 0.3) is 0 Å². The predicted molar refractivity (Wildman–Crippen MR) is 133 cm³/mol. The van der Waals surface area contributed by atoms with Crippen LogP contribution >= 0.6 is 47.8 Å². The third-order valence-electron chi connectivity index (χ3n) is 3.87. The molecule has 3 aromatic carbocycles. The molecule has 0 saturated carbocycles. The maximum atomic E-state index is 12.8. The van der Waals surface area contributed by atoms with Crippen LogP contribution < -0.4 is 0 Å². The van der Waals surface area contributed by atoms with Gasteiger partial charge in [-0.05, 0) is 0 Å². The average molecular weight is 823 g/mol. The normalized spacial score (nSPS) is 12.4. The summed E-state index contributed by atoms with van der Waals surface area (Å²) < 4.78 is 92.9. The molecule has 0 N–H and O–H groups in total. The van der Waals surface area contributed by atoms with E-state index in [1.54, 1.807) is 18.2 Å². The molecule has 34 heavy (non-hydrogen) atoms. The van der Waals surface area contributed by atoms with Crippen LogP contribution in [0.15, 0.2) is 101 Å². The fraction of sp³-hybridized carbons (Fsp3) is 0. The van der Waals surface area contributed by atoms with E-state index in [0.717, 1.165) is 0 Å². The Morgan fingerprint density at radius 1 is 0.500 bits per heavy atom. The standard InChI is InChI=1S/3C6H5BrO3S.In/c3*7-5-2-1-3-6(4-5)11(8,9)10;/h3*1-4H,(H,8,9,10);/q;;;+3/p-3. The minimum atomic E-state index is -5.38. The first kappa shape index (κ1) is 28.3. The molecule has 0 aliphatic heterocycles. The summed E-state index contributed by atoms with van der Waals surface area (Å²) in [5.74, 6) is 0. The second-order valence-electron chi connectivity index (χ2n) is 6.31. The van der Waals surface area contributed by atoms with Crippen LogP contribution in [0.25, 0.3) is 0 Å². The third kappa shape index (κ3) is 7.60. The van der Waals surface area contributed by atoms with Crippen molar-refractivity contribution in [1.29, 1.82) is 0 Å². The Balaban J connectivity index is 2.00. The van der Waals surface area contributed by atoms with E-state index in [-0.39, 0.29) is 14.7 Å². The summed E-state index contributed by atoms with van der Waals surface area (Å²) in [6.07, 6.45) is 0. The molecule has 3 aromatic rings. The second kappa shape index (κ2) is 11.4. The molecule has 3 rings (SSSR count). The molecule has 0 aliphatic rings. The fourth-order valence-electron chi connectivity index (χ4n) is 2.39. The number of hydrogen-bond acceptors (Lipinski definition) is 9. The first-order valence-corrected chi connectivity index (χ1v) is 19.5. The van der Waals surface area contributed by atoms with Gasteiger partial charge in [0.05, 0.1) is 0 Å². The van der Waals surface area contributed by atoms with Crippen molar-refractivity contribution in [3.8, 4) is 0 Å². The predicted octanol–water partition coefficient (Wildman–Crippen LogP) is 4.48. The Hall–Kier alpha value is -0.300. The van der Waals surface area contributed by atoms with Crippen LogP contribution in [0, 0.1) is 0 Å². The minimum absolute atomic E-state index is 0.351. The molecule has 0 atom stereocenters. The molecule has 0 aliphatic carbocycles. The quantitative estimate of drug-likeness (QED) is 0.307. The maximum absolute atomic E-state index is 12.8. The van der Waals surface area contributed by atoms with E-state index in [1.807, 2.05) is 0 Å². The van der Waals surface area contributed by atoms with Crippen molar-refractivity contribution in [1.82, 2.24) is 0 Å². The Morgan fingerprint density at radius 2 is 0.765 bits per heavy atom. The van der Waals surface area contributed by atoms with Crippen molar-refractivity contribution in [2.24, 2.45) is 0 Å². The van der Waals surface area contributed by atoms with Gasteiger partial charge in [-0.25, -0.2) is 0 Å². The van der Waals surface area contributed by atoms with Crippen molar-refractivity contribution in [2.45, 2.75) is 14.7 Å². The Kier molecular flexibility index (Phi) is 9.48. The molecule has 0 heterocycles. The molecule has 180 valence electrons. The topological polar surface area (TPSA) is 130 Å². The molecule has 0 amide bonds. The number of rotatable bonds is 9. The van der Waals surface area contributed by atoms with Gasteiger partial charge in [0.15, 0.2) is 0 Å². The van der Waals surface area contributed by atoms with Gasteiger partial charge in [-0.2, -0.15) is 0 Å². The molecule has 0 radical (unpaired) electrons. The van der Waals surface area contributed by atoms with Crippen LogP contribution in [-0.2, 0) is 37.3 Å². The van der Waals surface area contributed by atoms with Gasteiger partial charge in [-0.15, -0.1) is 0 Å². The van der Waals surface area contributed by atoms with E-state index in [1.165, 1.54) is 54.6 Å². The van der Waals surface area contributed by atoms with Crippen LogP contribution in [-0.4, -0.2) is 48.0 Å². The molecule has 0 unspecified atom stereocenters. The van der Waals surface area contributed by atoms with Crippen molar-refractivity contribution in [3.63, 3.8) is 0 Å². The van der Waals surface area contributed by atoms with Crippen LogP contribution in [0.1, 0.15) is 0 Å². The van der Waals surface area contributed by atoms with E-state index in [9.17, 15) is 25.3 Å². The average Bonchev–Trinajstić information content (AvgIpc) is 2.73. The summed E-state index contributed by atoms with van der Waals surface area (Å²) in [7, 11) is -13.9. The zero-order valence-corrected chi connectivity index (χ0v) is 27.0. The zero-order chi connectivity index (χ0) is 25.1. The number of hydrogen-bond donors (Lipinski definition) is 0.